The molecule has 1 N–H and O–H groups in total. The lowest BCUT2D eigenvalue weighted by Gasteiger charge is -2.20. The maximum absolute atomic E-state index is 12.7. The van der Waals surface area contributed by atoms with Gasteiger partial charge in [-0.2, -0.15) is 4.31 Å². The van der Waals surface area contributed by atoms with Gasteiger partial charge in [0.25, 0.3) is 0 Å². The van der Waals surface area contributed by atoms with Gasteiger partial charge in [-0.05, 0) is 36.7 Å². The van der Waals surface area contributed by atoms with Crippen molar-refractivity contribution in [2.45, 2.75) is 24.8 Å². The standard InChI is InChI=1S/C14H21ClN2O3S/c1-2-16-11-12-10-13(4-5-14(12)15)21(18,19)17-6-3-8-20-9-7-17/h4-5,10,16H,2-3,6-9,11H2,1H3. The number of sulfonamides is 1. The van der Waals surface area contributed by atoms with E-state index in [-0.39, 0.29) is 0 Å². The number of nitrogens with zero attached hydrogens (tertiary/aromatic N) is 1. The van der Waals surface area contributed by atoms with Crippen molar-refractivity contribution in [3.63, 3.8) is 0 Å². The maximum Gasteiger partial charge on any atom is 0.243 e. The molecule has 1 aromatic carbocycles. The summed E-state index contributed by atoms with van der Waals surface area (Å²) < 4.78 is 32.2. The van der Waals surface area contributed by atoms with E-state index in [1.165, 1.54) is 4.31 Å². The molecule has 0 aliphatic carbocycles. The van der Waals surface area contributed by atoms with E-state index in [1.54, 1.807) is 18.2 Å². The molecule has 1 aromatic rings. The minimum absolute atomic E-state index is 0.293. The van der Waals surface area contributed by atoms with E-state index in [0.717, 1.165) is 18.5 Å². The third-order valence-electron chi connectivity index (χ3n) is 3.40. The summed E-state index contributed by atoms with van der Waals surface area (Å²) in [4.78, 5) is 0.293. The Hall–Kier alpha value is -0.660. The predicted molar refractivity (Wildman–Crippen MR) is 83.0 cm³/mol. The van der Waals surface area contributed by atoms with Gasteiger partial charge in [0.15, 0.2) is 0 Å². The van der Waals surface area contributed by atoms with E-state index in [9.17, 15) is 8.42 Å². The van der Waals surface area contributed by atoms with Crippen LogP contribution in [0.2, 0.25) is 5.02 Å². The van der Waals surface area contributed by atoms with Crippen molar-refractivity contribution in [3.8, 4) is 0 Å². The summed E-state index contributed by atoms with van der Waals surface area (Å²) in [5, 5.41) is 3.74. The molecule has 118 valence electrons. The summed E-state index contributed by atoms with van der Waals surface area (Å²) >= 11 is 6.13. The zero-order valence-corrected chi connectivity index (χ0v) is 13.7. The van der Waals surface area contributed by atoms with Crippen LogP contribution in [0.5, 0.6) is 0 Å². The van der Waals surface area contributed by atoms with E-state index < -0.39 is 10.0 Å². The molecule has 21 heavy (non-hydrogen) atoms. The first-order chi connectivity index (χ1) is 10.1. The first-order valence-electron chi connectivity index (χ1n) is 7.12. The maximum atomic E-state index is 12.7. The predicted octanol–water partition coefficient (Wildman–Crippen LogP) is 1.86. The average Bonchev–Trinajstić information content (AvgIpc) is 2.75. The van der Waals surface area contributed by atoms with Crippen LogP contribution in [0.4, 0.5) is 0 Å². The van der Waals surface area contributed by atoms with Crippen LogP contribution in [-0.4, -0.2) is 45.6 Å². The zero-order valence-electron chi connectivity index (χ0n) is 12.1. The molecule has 0 saturated carbocycles. The second kappa shape index (κ2) is 7.56. The van der Waals surface area contributed by atoms with Gasteiger partial charge in [0.05, 0.1) is 11.5 Å². The average molecular weight is 333 g/mol. The summed E-state index contributed by atoms with van der Waals surface area (Å²) in [5.41, 5.74) is 0.797. The number of hydrogen-bond acceptors (Lipinski definition) is 4. The van der Waals surface area contributed by atoms with Crippen LogP contribution in [0.15, 0.2) is 23.1 Å². The lowest BCUT2D eigenvalue weighted by Crippen LogP contribution is -2.33. The largest absolute Gasteiger partial charge is 0.380 e. The molecule has 0 radical (unpaired) electrons. The van der Waals surface area contributed by atoms with Crippen molar-refractivity contribution in [3.05, 3.63) is 28.8 Å². The molecule has 0 unspecified atom stereocenters. The zero-order chi connectivity index (χ0) is 15.3. The Kier molecular flexibility index (Phi) is 6.01. The monoisotopic (exact) mass is 332 g/mol. The topological polar surface area (TPSA) is 58.6 Å². The van der Waals surface area contributed by atoms with Crippen LogP contribution in [0.3, 0.4) is 0 Å². The van der Waals surface area contributed by atoms with Gasteiger partial charge in [-0.15, -0.1) is 0 Å². The highest BCUT2D eigenvalue weighted by molar-refractivity contribution is 7.89. The highest BCUT2D eigenvalue weighted by Gasteiger charge is 2.25. The van der Waals surface area contributed by atoms with E-state index in [4.69, 9.17) is 16.3 Å². The van der Waals surface area contributed by atoms with Crippen molar-refractivity contribution >= 4 is 21.6 Å². The first-order valence-corrected chi connectivity index (χ1v) is 8.94. The fourth-order valence-electron chi connectivity index (χ4n) is 2.22. The molecule has 0 atom stereocenters. The van der Waals surface area contributed by atoms with Crippen LogP contribution >= 0.6 is 11.6 Å². The Morgan fingerprint density at radius 2 is 2.14 bits per heavy atom. The minimum Gasteiger partial charge on any atom is -0.380 e. The fourth-order valence-corrected chi connectivity index (χ4v) is 3.92. The Morgan fingerprint density at radius 3 is 2.90 bits per heavy atom. The van der Waals surface area contributed by atoms with E-state index in [2.05, 4.69) is 5.32 Å². The number of ether oxygens (including phenoxy) is 1. The molecule has 7 heteroatoms. The van der Waals surface area contributed by atoms with E-state index in [0.29, 0.717) is 42.8 Å². The molecule has 1 aliphatic rings. The van der Waals surface area contributed by atoms with Gasteiger partial charge >= 0.3 is 0 Å². The second-order valence-electron chi connectivity index (χ2n) is 4.90. The van der Waals surface area contributed by atoms with Gasteiger partial charge in [-0.1, -0.05) is 18.5 Å². The third-order valence-corrected chi connectivity index (χ3v) is 5.66. The Labute approximate surface area is 131 Å². The summed E-state index contributed by atoms with van der Waals surface area (Å²) in [6.07, 6.45) is 0.719. The molecule has 0 bridgehead atoms. The Morgan fingerprint density at radius 1 is 1.33 bits per heavy atom. The molecule has 0 amide bonds. The van der Waals surface area contributed by atoms with Crippen LogP contribution in [0.25, 0.3) is 0 Å². The molecule has 2 rings (SSSR count). The summed E-state index contributed by atoms with van der Waals surface area (Å²) in [6, 6.07) is 4.88. The lowest BCUT2D eigenvalue weighted by atomic mass is 10.2. The van der Waals surface area contributed by atoms with Gasteiger partial charge in [0.2, 0.25) is 10.0 Å². The van der Waals surface area contributed by atoms with Crippen LogP contribution < -0.4 is 5.32 Å². The molecule has 0 spiro atoms. The summed E-state index contributed by atoms with van der Waals surface area (Å²) in [7, 11) is -3.48. The number of nitrogens with one attached hydrogen (secondary N) is 1. The molecule has 1 fully saturated rings. The van der Waals surface area contributed by atoms with E-state index >= 15 is 0 Å². The summed E-state index contributed by atoms with van der Waals surface area (Å²) in [6.45, 7) is 5.29. The van der Waals surface area contributed by atoms with Gasteiger partial charge in [-0.25, -0.2) is 8.42 Å². The summed E-state index contributed by atoms with van der Waals surface area (Å²) in [5.74, 6) is 0. The molecule has 1 saturated heterocycles. The van der Waals surface area contributed by atoms with E-state index in [1.807, 2.05) is 6.92 Å². The molecular formula is C14H21ClN2O3S. The number of rotatable bonds is 5. The smallest absolute Gasteiger partial charge is 0.243 e. The molecule has 1 aliphatic heterocycles. The fraction of sp³-hybridized carbons (Fsp3) is 0.571. The van der Waals surface area contributed by atoms with Crippen molar-refractivity contribution < 1.29 is 13.2 Å². The SMILES string of the molecule is CCNCc1cc(S(=O)(=O)N2CCCOCC2)ccc1Cl. The van der Waals surface area contributed by atoms with Gasteiger partial charge in [-0.3, -0.25) is 0 Å². The second-order valence-corrected chi connectivity index (χ2v) is 7.25. The highest BCUT2D eigenvalue weighted by atomic mass is 35.5. The van der Waals surface area contributed by atoms with Crippen molar-refractivity contribution in [2.24, 2.45) is 0 Å². The van der Waals surface area contributed by atoms with Crippen molar-refractivity contribution in [1.29, 1.82) is 0 Å². The van der Waals surface area contributed by atoms with Crippen LogP contribution in [-0.2, 0) is 21.3 Å². The lowest BCUT2D eigenvalue weighted by molar-refractivity contribution is 0.148. The van der Waals surface area contributed by atoms with Crippen molar-refractivity contribution in [1.82, 2.24) is 9.62 Å². The number of hydrogen-bond donors (Lipinski definition) is 1. The van der Waals surface area contributed by atoms with Crippen molar-refractivity contribution in [2.75, 3.05) is 32.8 Å². The highest BCUT2D eigenvalue weighted by Crippen LogP contribution is 2.23. The first kappa shape index (κ1) is 16.7. The third kappa shape index (κ3) is 4.17. The van der Waals surface area contributed by atoms with Crippen LogP contribution in [0, 0.1) is 0 Å². The normalized spacial score (nSPS) is 17.6. The van der Waals surface area contributed by atoms with Crippen LogP contribution in [0.1, 0.15) is 18.9 Å². The molecule has 5 nitrogen and oxygen atoms in total. The van der Waals surface area contributed by atoms with Gasteiger partial charge in [0, 0.05) is 31.3 Å². The van der Waals surface area contributed by atoms with Gasteiger partial charge < -0.3 is 10.1 Å². The number of halogens is 1. The molecule has 1 heterocycles. The molecule has 0 aromatic heterocycles. The Balaban J connectivity index is 2.26. The quantitative estimate of drug-likeness (QED) is 0.894. The minimum atomic E-state index is -3.48. The molecular weight excluding hydrogens is 312 g/mol. The van der Waals surface area contributed by atoms with Gasteiger partial charge in [0.1, 0.15) is 0 Å². The Bertz CT molecular complexity index is 570. The number of benzene rings is 1.